The maximum Gasteiger partial charge on any atom is 0.319 e. The van der Waals surface area contributed by atoms with Gasteiger partial charge in [0.05, 0.1) is 5.01 Å². The minimum Gasteiger partial charge on any atom is -0.421 e. The lowest BCUT2D eigenvalue weighted by atomic mass is 10.2. The first kappa shape index (κ1) is 16.1. The topological polar surface area (TPSA) is 92.9 Å². The van der Waals surface area contributed by atoms with E-state index in [2.05, 4.69) is 25.8 Å². The zero-order chi connectivity index (χ0) is 16.9. The van der Waals surface area contributed by atoms with Crippen LogP contribution in [-0.4, -0.2) is 27.8 Å². The number of hydrogen-bond donors (Lipinski definition) is 2. The van der Waals surface area contributed by atoms with E-state index in [-0.39, 0.29) is 11.9 Å². The van der Waals surface area contributed by atoms with E-state index in [4.69, 9.17) is 4.42 Å². The van der Waals surface area contributed by atoms with Gasteiger partial charge in [0.1, 0.15) is 0 Å². The Balaban J connectivity index is 1.53. The lowest BCUT2D eigenvalue weighted by Gasteiger charge is -2.11. The molecule has 0 bridgehead atoms. The van der Waals surface area contributed by atoms with Crippen LogP contribution >= 0.6 is 11.3 Å². The highest BCUT2D eigenvalue weighted by Crippen LogP contribution is 2.20. The molecule has 2 N–H and O–H groups in total. The number of aryl methyl sites for hydroxylation is 1. The fourth-order valence-corrected chi connectivity index (χ4v) is 2.79. The first-order chi connectivity index (χ1) is 11.6. The highest BCUT2D eigenvalue weighted by molar-refractivity contribution is 7.09. The number of urea groups is 1. The summed E-state index contributed by atoms with van der Waals surface area (Å²) in [5.41, 5.74) is 1.49. The molecule has 0 saturated heterocycles. The molecule has 2 aromatic heterocycles. The summed E-state index contributed by atoms with van der Waals surface area (Å²) in [6.45, 7) is 4.29. The van der Waals surface area contributed by atoms with Crippen molar-refractivity contribution in [1.82, 2.24) is 20.5 Å². The van der Waals surface area contributed by atoms with Gasteiger partial charge in [-0.15, -0.1) is 21.5 Å². The number of benzene rings is 1. The van der Waals surface area contributed by atoms with Crippen molar-refractivity contribution >= 4 is 23.1 Å². The molecule has 124 valence electrons. The Labute approximate surface area is 143 Å². The summed E-state index contributed by atoms with van der Waals surface area (Å²) in [7, 11) is 0. The summed E-state index contributed by atoms with van der Waals surface area (Å²) in [5, 5.41) is 16.3. The third-order valence-electron chi connectivity index (χ3n) is 3.36. The molecule has 0 fully saturated rings. The van der Waals surface area contributed by atoms with E-state index in [0.717, 1.165) is 10.6 Å². The van der Waals surface area contributed by atoms with E-state index in [0.29, 0.717) is 24.0 Å². The lowest BCUT2D eigenvalue weighted by Crippen LogP contribution is -2.31. The van der Waals surface area contributed by atoms with Crippen LogP contribution in [0.4, 0.5) is 10.5 Å². The van der Waals surface area contributed by atoms with E-state index in [9.17, 15) is 4.79 Å². The number of carbonyl (C=O) groups is 1. The number of nitrogens with one attached hydrogen (secondary N) is 2. The Morgan fingerprint density at radius 1 is 1.29 bits per heavy atom. The molecular formula is C16H17N5O2S. The number of nitrogens with zero attached hydrogens (tertiary/aromatic N) is 3. The molecule has 24 heavy (non-hydrogen) atoms. The van der Waals surface area contributed by atoms with Gasteiger partial charge in [-0.05, 0) is 24.3 Å². The second kappa shape index (κ2) is 7.22. The zero-order valence-corrected chi connectivity index (χ0v) is 14.1. The van der Waals surface area contributed by atoms with Crippen molar-refractivity contribution in [2.24, 2.45) is 0 Å². The molecule has 2 heterocycles. The minimum atomic E-state index is -0.250. The smallest absolute Gasteiger partial charge is 0.319 e. The SMILES string of the molecule is Cc1nnc(-c2ccc(NC(=O)NC[C@H](C)c3nccs3)cc2)o1. The Hall–Kier alpha value is -2.74. The van der Waals surface area contributed by atoms with Crippen molar-refractivity contribution < 1.29 is 9.21 Å². The number of anilines is 1. The maximum atomic E-state index is 12.0. The van der Waals surface area contributed by atoms with Crippen LogP contribution < -0.4 is 10.6 Å². The Morgan fingerprint density at radius 3 is 2.71 bits per heavy atom. The number of amides is 2. The molecule has 0 aliphatic heterocycles. The highest BCUT2D eigenvalue weighted by atomic mass is 32.1. The summed E-state index contributed by atoms with van der Waals surface area (Å²) in [5.74, 6) is 1.15. The van der Waals surface area contributed by atoms with Gasteiger partial charge in [-0.3, -0.25) is 0 Å². The van der Waals surface area contributed by atoms with Crippen LogP contribution in [0.1, 0.15) is 23.7 Å². The van der Waals surface area contributed by atoms with Crippen molar-refractivity contribution in [2.45, 2.75) is 19.8 Å². The van der Waals surface area contributed by atoms with E-state index in [1.54, 1.807) is 36.6 Å². The Bertz CT molecular complexity index is 798. The summed E-state index contributed by atoms with van der Waals surface area (Å²) in [6.07, 6.45) is 1.77. The van der Waals surface area contributed by atoms with Gasteiger partial charge in [0.15, 0.2) is 0 Å². The average molecular weight is 343 g/mol. The molecule has 0 saturated carbocycles. The summed E-state index contributed by atoms with van der Waals surface area (Å²) in [4.78, 5) is 16.2. The van der Waals surface area contributed by atoms with Crippen LogP contribution in [0.25, 0.3) is 11.5 Å². The van der Waals surface area contributed by atoms with E-state index >= 15 is 0 Å². The molecule has 3 aromatic rings. The largest absolute Gasteiger partial charge is 0.421 e. The molecule has 0 spiro atoms. The number of hydrogen-bond acceptors (Lipinski definition) is 6. The van der Waals surface area contributed by atoms with Crippen LogP contribution in [0.2, 0.25) is 0 Å². The molecule has 2 amide bonds. The van der Waals surface area contributed by atoms with Crippen molar-refractivity contribution in [2.75, 3.05) is 11.9 Å². The van der Waals surface area contributed by atoms with E-state index < -0.39 is 0 Å². The Morgan fingerprint density at radius 2 is 2.08 bits per heavy atom. The molecule has 0 aliphatic rings. The van der Waals surface area contributed by atoms with E-state index in [1.165, 1.54) is 0 Å². The molecule has 3 rings (SSSR count). The second-order valence-electron chi connectivity index (χ2n) is 5.31. The molecule has 0 radical (unpaired) electrons. The number of carbonyl (C=O) groups excluding carboxylic acids is 1. The van der Waals surface area contributed by atoms with Crippen molar-refractivity contribution in [1.29, 1.82) is 0 Å². The van der Waals surface area contributed by atoms with E-state index in [1.807, 2.05) is 24.4 Å². The van der Waals surface area contributed by atoms with Crippen molar-refractivity contribution in [3.63, 3.8) is 0 Å². The summed E-state index contributed by atoms with van der Waals surface area (Å²) < 4.78 is 5.36. The summed E-state index contributed by atoms with van der Waals surface area (Å²) >= 11 is 1.59. The van der Waals surface area contributed by atoms with Crippen LogP contribution in [0.3, 0.4) is 0 Å². The van der Waals surface area contributed by atoms with Crippen molar-refractivity contribution in [3.05, 3.63) is 46.7 Å². The normalized spacial score (nSPS) is 11.9. The number of rotatable bonds is 5. The molecule has 0 unspecified atom stereocenters. The molecule has 0 aliphatic carbocycles. The first-order valence-corrected chi connectivity index (χ1v) is 8.34. The second-order valence-corrected chi connectivity index (χ2v) is 6.24. The Kier molecular flexibility index (Phi) is 4.85. The van der Waals surface area contributed by atoms with Gasteiger partial charge < -0.3 is 15.1 Å². The van der Waals surface area contributed by atoms with Gasteiger partial charge >= 0.3 is 6.03 Å². The van der Waals surface area contributed by atoms with Gasteiger partial charge in [0.25, 0.3) is 0 Å². The standard InChI is InChI=1S/C16H17N5O2S/c1-10(15-17-7-8-24-15)9-18-16(22)19-13-5-3-12(4-6-13)14-21-20-11(2)23-14/h3-8,10H,9H2,1-2H3,(H2,18,19,22)/t10-/m0/s1. The van der Waals surface area contributed by atoms with Gasteiger partial charge in [0, 0.05) is 42.2 Å². The number of thiazole rings is 1. The van der Waals surface area contributed by atoms with Gasteiger partial charge in [-0.25, -0.2) is 9.78 Å². The van der Waals surface area contributed by atoms with Gasteiger partial charge in [-0.2, -0.15) is 0 Å². The van der Waals surface area contributed by atoms with Gasteiger partial charge in [-0.1, -0.05) is 6.92 Å². The fourth-order valence-electron chi connectivity index (χ4n) is 2.10. The predicted molar refractivity (Wildman–Crippen MR) is 92.0 cm³/mol. The monoisotopic (exact) mass is 343 g/mol. The average Bonchev–Trinajstić information content (AvgIpc) is 3.25. The first-order valence-electron chi connectivity index (χ1n) is 7.46. The molecule has 1 aromatic carbocycles. The lowest BCUT2D eigenvalue weighted by molar-refractivity contribution is 0.251. The highest BCUT2D eigenvalue weighted by Gasteiger charge is 2.10. The van der Waals surface area contributed by atoms with Crippen LogP contribution in [0.5, 0.6) is 0 Å². The maximum absolute atomic E-state index is 12.0. The van der Waals surface area contributed by atoms with Crippen LogP contribution in [-0.2, 0) is 0 Å². The number of aromatic nitrogens is 3. The summed E-state index contributed by atoms with van der Waals surface area (Å²) in [6, 6.07) is 6.97. The van der Waals surface area contributed by atoms with Gasteiger partial charge in [0.2, 0.25) is 11.8 Å². The fraction of sp³-hybridized carbons (Fsp3) is 0.250. The third kappa shape index (κ3) is 3.96. The third-order valence-corrected chi connectivity index (χ3v) is 4.36. The molecule has 7 nitrogen and oxygen atoms in total. The van der Waals surface area contributed by atoms with Crippen molar-refractivity contribution in [3.8, 4) is 11.5 Å². The molecule has 8 heteroatoms. The zero-order valence-electron chi connectivity index (χ0n) is 13.3. The molecule has 1 atom stereocenters. The predicted octanol–water partition coefficient (Wildman–Crippen LogP) is 3.43. The molecular weight excluding hydrogens is 326 g/mol. The quantitative estimate of drug-likeness (QED) is 0.740. The van der Waals surface area contributed by atoms with Crippen LogP contribution in [0.15, 0.2) is 40.3 Å². The minimum absolute atomic E-state index is 0.180. The van der Waals surface area contributed by atoms with Crippen LogP contribution in [0, 0.1) is 6.92 Å².